The molecule has 0 saturated carbocycles. The van der Waals surface area contributed by atoms with Crippen LogP contribution in [0.4, 0.5) is 4.79 Å². The fraction of sp³-hybridized carbons (Fsp3) is 0.375. The molecule has 8 heteroatoms. The van der Waals surface area contributed by atoms with Crippen molar-refractivity contribution in [3.05, 3.63) is 29.8 Å². The van der Waals surface area contributed by atoms with Crippen molar-refractivity contribution in [2.75, 3.05) is 0 Å². The number of nitrogens with zero attached hydrogens (tertiary/aromatic N) is 2. The van der Waals surface area contributed by atoms with Crippen LogP contribution in [0.5, 0.6) is 0 Å². The Hall–Kier alpha value is -2.35. The Morgan fingerprint density at radius 2 is 1.96 bits per heavy atom. The molecule has 2 aromatic rings. The number of primary amides is 1. The smallest absolute Gasteiger partial charge is 0.318 e. The molecular formula is C16H21N5O2S. The summed E-state index contributed by atoms with van der Waals surface area (Å²) in [6.07, 6.45) is 0.975. The van der Waals surface area contributed by atoms with Gasteiger partial charge in [-0.1, -0.05) is 56.8 Å². The first-order valence-corrected chi connectivity index (χ1v) is 8.57. The molecule has 4 N–H and O–H groups in total. The van der Waals surface area contributed by atoms with E-state index in [0.717, 1.165) is 12.0 Å². The lowest BCUT2D eigenvalue weighted by Gasteiger charge is -2.16. The van der Waals surface area contributed by atoms with Crippen molar-refractivity contribution in [3.8, 4) is 11.4 Å². The van der Waals surface area contributed by atoms with Gasteiger partial charge in [-0.3, -0.25) is 15.2 Å². The van der Waals surface area contributed by atoms with E-state index in [1.54, 1.807) is 0 Å². The number of aryl methyl sites for hydroxylation is 1. The van der Waals surface area contributed by atoms with Crippen molar-refractivity contribution in [2.24, 2.45) is 11.7 Å². The maximum atomic E-state index is 12.0. The Bertz CT molecular complexity index is 712. The number of imide groups is 1. The van der Waals surface area contributed by atoms with E-state index < -0.39 is 17.2 Å². The van der Waals surface area contributed by atoms with Gasteiger partial charge >= 0.3 is 6.03 Å². The van der Waals surface area contributed by atoms with Crippen LogP contribution in [0, 0.1) is 5.92 Å². The van der Waals surface area contributed by atoms with Gasteiger partial charge in [-0.2, -0.15) is 0 Å². The summed E-state index contributed by atoms with van der Waals surface area (Å²) >= 11 is 1.20. The molecule has 0 fully saturated rings. The monoisotopic (exact) mass is 347 g/mol. The van der Waals surface area contributed by atoms with Crippen LogP contribution in [0.15, 0.2) is 29.4 Å². The highest BCUT2D eigenvalue weighted by atomic mass is 32.2. The minimum atomic E-state index is -0.863. The normalized spacial score (nSPS) is 12.2. The summed E-state index contributed by atoms with van der Waals surface area (Å²) in [5.74, 6) is 0.180. The zero-order chi connectivity index (χ0) is 17.7. The zero-order valence-corrected chi connectivity index (χ0v) is 14.7. The number of urea groups is 1. The summed E-state index contributed by atoms with van der Waals surface area (Å²) in [5, 5.41) is 9.07. The number of aromatic nitrogens is 3. The third-order valence-corrected chi connectivity index (χ3v) is 4.85. The zero-order valence-electron chi connectivity index (χ0n) is 13.9. The molecule has 0 unspecified atom stereocenters. The Labute approximate surface area is 144 Å². The van der Waals surface area contributed by atoms with Gasteiger partial charge in [0.25, 0.3) is 0 Å². The Balaban J connectivity index is 2.13. The predicted molar refractivity (Wildman–Crippen MR) is 93.4 cm³/mol. The van der Waals surface area contributed by atoms with Crippen molar-refractivity contribution in [1.29, 1.82) is 0 Å². The molecule has 128 valence electrons. The van der Waals surface area contributed by atoms with E-state index in [4.69, 9.17) is 5.73 Å². The van der Waals surface area contributed by atoms with Crippen molar-refractivity contribution in [2.45, 2.75) is 37.6 Å². The van der Waals surface area contributed by atoms with E-state index in [2.05, 4.69) is 27.4 Å². The van der Waals surface area contributed by atoms with Crippen LogP contribution in [0.1, 0.15) is 26.3 Å². The number of carbonyl (C=O) groups is 2. The number of benzene rings is 1. The molecule has 0 aliphatic heterocycles. The molecule has 0 radical (unpaired) electrons. The van der Waals surface area contributed by atoms with Gasteiger partial charge in [0, 0.05) is 5.56 Å². The lowest BCUT2D eigenvalue weighted by molar-refractivity contribution is -0.120. The highest BCUT2D eigenvalue weighted by Crippen LogP contribution is 2.27. The van der Waals surface area contributed by atoms with E-state index in [1.807, 2.05) is 38.1 Å². The van der Waals surface area contributed by atoms with Crippen LogP contribution in [-0.4, -0.2) is 32.4 Å². The molecule has 1 aromatic heterocycles. The van der Waals surface area contributed by atoms with Crippen molar-refractivity contribution in [3.63, 3.8) is 0 Å². The number of H-pyrrole nitrogens is 1. The predicted octanol–water partition coefficient (Wildman–Crippen LogP) is 2.35. The number of amides is 3. The average Bonchev–Trinajstić information content (AvgIpc) is 3.00. The van der Waals surface area contributed by atoms with Gasteiger partial charge in [0.2, 0.25) is 11.1 Å². The number of thioether (sulfide) groups is 1. The summed E-state index contributed by atoms with van der Waals surface area (Å²) in [7, 11) is 0. The first-order valence-electron chi connectivity index (χ1n) is 7.69. The van der Waals surface area contributed by atoms with Gasteiger partial charge in [-0.05, 0) is 17.9 Å². The summed E-state index contributed by atoms with van der Waals surface area (Å²) in [6, 6.07) is 7.18. The van der Waals surface area contributed by atoms with Crippen molar-refractivity contribution < 1.29 is 9.59 Å². The molecule has 2 rings (SSSR count). The lowest BCUT2D eigenvalue weighted by Crippen LogP contribution is -2.42. The summed E-state index contributed by atoms with van der Waals surface area (Å²) in [4.78, 5) is 27.3. The highest BCUT2D eigenvalue weighted by molar-refractivity contribution is 8.00. The topological polar surface area (TPSA) is 114 Å². The van der Waals surface area contributed by atoms with Crippen LogP contribution in [0.3, 0.4) is 0 Å². The Morgan fingerprint density at radius 1 is 1.29 bits per heavy atom. The fourth-order valence-corrected chi connectivity index (χ4v) is 3.03. The summed E-state index contributed by atoms with van der Waals surface area (Å²) < 4.78 is 0. The number of hydrogen-bond donors (Lipinski definition) is 3. The standard InChI is InChI=1S/C16H21N5O2S/c1-4-10-5-7-11(8-6-10)13-18-16(21-20-13)24-12(9(2)3)14(22)19-15(17)23/h5-9,12H,4H2,1-3H3,(H,18,20,21)(H3,17,19,22,23)/t12-/m1/s1. The van der Waals surface area contributed by atoms with Gasteiger partial charge in [0.05, 0.1) is 5.25 Å². The van der Waals surface area contributed by atoms with Crippen LogP contribution < -0.4 is 11.1 Å². The molecule has 24 heavy (non-hydrogen) atoms. The largest absolute Gasteiger partial charge is 0.351 e. The maximum Gasteiger partial charge on any atom is 0.318 e. The molecule has 7 nitrogen and oxygen atoms in total. The van der Waals surface area contributed by atoms with Gasteiger partial charge in [-0.15, -0.1) is 5.10 Å². The molecule has 0 aliphatic rings. The number of nitrogens with one attached hydrogen (secondary N) is 2. The number of nitrogens with two attached hydrogens (primary N) is 1. The highest BCUT2D eigenvalue weighted by Gasteiger charge is 2.26. The van der Waals surface area contributed by atoms with Crippen LogP contribution >= 0.6 is 11.8 Å². The van der Waals surface area contributed by atoms with E-state index in [1.165, 1.54) is 17.3 Å². The molecule has 0 bridgehead atoms. The van der Waals surface area contributed by atoms with Crippen LogP contribution in [0.2, 0.25) is 0 Å². The Morgan fingerprint density at radius 3 is 2.50 bits per heavy atom. The first-order chi connectivity index (χ1) is 11.4. The molecule has 1 heterocycles. The Kier molecular flexibility index (Phi) is 5.97. The maximum absolute atomic E-state index is 12.0. The summed E-state index contributed by atoms with van der Waals surface area (Å²) in [5.41, 5.74) is 7.18. The van der Waals surface area contributed by atoms with E-state index in [9.17, 15) is 9.59 Å². The molecule has 0 aliphatic carbocycles. The quantitative estimate of drug-likeness (QED) is 0.694. The van der Waals surface area contributed by atoms with Gasteiger partial charge in [-0.25, -0.2) is 9.78 Å². The van der Waals surface area contributed by atoms with Crippen molar-refractivity contribution >= 4 is 23.7 Å². The lowest BCUT2D eigenvalue weighted by atomic mass is 10.1. The summed E-state index contributed by atoms with van der Waals surface area (Å²) in [6.45, 7) is 5.87. The second kappa shape index (κ2) is 7.96. The number of carbonyl (C=O) groups excluding carboxylic acids is 2. The van der Waals surface area contributed by atoms with E-state index >= 15 is 0 Å². The minimum Gasteiger partial charge on any atom is -0.351 e. The van der Waals surface area contributed by atoms with Gasteiger partial charge in [0.15, 0.2) is 5.82 Å². The second-order valence-electron chi connectivity index (χ2n) is 5.65. The number of rotatable bonds is 6. The SMILES string of the molecule is CCc1ccc(-c2nc(S[C@@H](C(=O)NC(N)=O)C(C)C)n[nH]2)cc1. The molecule has 0 spiro atoms. The van der Waals surface area contributed by atoms with E-state index in [-0.39, 0.29) is 5.92 Å². The third kappa shape index (κ3) is 4.58. The van der Waals surface area contributed by atoms with Crippen LogP contribution in [0.25, 0.3) is 11.4 Å². The number of aromatic amines is 1. The molecule has 1 atom stereocenters. The molecule has 0 saturated heterocycles. The first kappa shape index (κ1) is 18.0. The molecular weight excluding hydrogens is 326 g/mol. The van der Waals surface area contributed by atoms with E-state index in [0.29, 0.717) is 11.0 Å². The average molecular weight is 347 g/mol. The van der Waals surface area contributed by atoms with Gasteiger partial charge < -0.3 is 5.73 Å². The molecule has 1 aromatic carbocycles. The second-order valence-corrected chi connectivity index (χ2v) is 6.76. The number of hydrogen-bond acceptors (Lipinski definition) is 5. The fourth-order valence-electron chi connectivity index (χ4n) is 2.13. The third-order valence-electron chi connectivity index (χ3n) is 3.44. The minimum absolute atomic E-state index is 0.0138. The van der Waals surface area contributed by atoms with Gasteiger partial charge in [0.1, 0.15) is 0 Å². The van der Waals surface area contributed by atoms with Crippen molar-refractivity contribution in [1.82, 2.24) is 20.5 Å². The molecule has 3 amide bonds. The van der Waals surface area contributed by atoms with Crippen LogP contribution in [-0.2, 0) is 11.2 Å².